The van der Waals surface area contributed by atoms with Crippen LogP contribution in [0.4, 0.5) is 0 Å². The first-order chi connectivity index (χ1) is 15.4. The molecule has 1 aromatic carbocycles. The van der Waals surface area contributed by atoms with Gasteiger partial charge >= 0.3 is 0 Å². The minimum absolute atomic E-state index is 0.0624. The Balaban J connectivity index is 1.27. The maximum Gasteiger partial charge on any atom is 0.242 e. The number of likely N-dealkylation sites (tertiary alicyclic amines) is 1. The fourth-order valence-corrected chi connectivity index (χ4v) is 4.60. The average Bonchev–Trinajstić information content (AvgIpc) is 3.39. The number of hydrogen-bond donors (Lipinski definition) is 0. The van der Waals surface area contributed by atoms with Gasteiger partial charge in [-0.3, -0.25) is 28.6 Å². The summed E-state index contributed by atoms with van der Waals surface area (Å²) >= 11 is 7.33. The Morgan fingerprint density at radius 1 is 1.00 bits per heavy atom. The van der Waals surface area contributed by atoms with Gasteiger partial charge in [-0.15, -0.1) is 10.2 Å². The minimum Gasteiger partial charge on any atom is -0.338 e. The fraction of sp³-hybridized carbons (Fsp3) is 0.400. The summed E-state index contributed by atoms with van der Waals surface area (Å²) in [6.45, 7) is 1.30. The molecule has 2 fully saturated rings. The molecule has 1 aromatic heterocycles. The molecule has 2 saturated heterocycles. The van der Waals surface area contributed by atoms with Crippen LogP contribution < -0.4 is 0 Å². The number of nitrogens with zero attached hydrogens (tertiary/aromatic N) is 6. The molecule has 0 N–H and O–H groups in total. The van der Waals surface area contributed by atoms with E-state index in [1.54, 1.807) is 32.8 Å². The first-order valence-electron chi connectivity index (χ1n) is 10.1. The lowest BCUT2D eigenvalue weighted by atomic mass is 10.3. The van der Waals surface area contributed by atoms with Crippen molar-refractivity contribution in [2.45, 2.75) is 18.0 Å². The molecule has 0 atom stereocenters. The lowest BCUT2D eigenvalue weighted by molar-refractivity contribution is -0.146. The molecular weight excluding hydrogens is 456 g/mol. The second-order valence-corrected chi connectivity index (χ2v) is 8.77. The highest BCUT2D eigenvalue weighted by atomic mass is 35.5. The Hall–Kier alpha value is -2.92. The van der Waals surface area contributed by atoms with Crippen molar-refractivity contribution in [3.63, 3.8) is 0 Å². The van der Waals surface area contributed by atoms with Gasteiger partial charge in [0.2, 0.25) is 23.6 Å². The zero-order valence-electron chi connectivity index (χ0n) is 17.1. The van der Waals surface area contributed by atoms with E-state index in [1.807, 2.05) is 12.1 Å². The van der Waals surface area contributed by atoms with Crippen LogP contribution in [0, 0.1) is 0 Å². The summed E-state index contributed by atoms with van der Waals surface area (Å²) < 4.78 is 1.77. The van der Waals surface area contributed by atoms with Crippen LogP contribution in [0.2, 0.25) is 5.02 Å². The summed E-state index contributed by atoms with van der Waals surface area (Å²) in [6, 6.07) is 7.27. The van der Waals surface area contributed by atoms with E-state index in [-0.39, 0.29) is 48.8 Å². The monoisotopic (exact) mass is 476 g/mol. The Labute approximate surface area is 193 Å². The molecule has 0 bridgehead atoms. The number of carbonyl (C=O) groups is 4. The quantitative estimate of drug-likeness (QED) is 0.448. The van der Waals surface area contributed by atoms with Crippen molar-refractivity contribution in [3.8, 4) is 5.69 Å². The number of amides is 4. The maximum absolute atomic E-state index is 12.7. The van der Waals surface area contributed by atoms with Crippen molar-refractivity contribution < 1.29 is 19.2 Å². The van der Waals surface area contributed by atoms with E-state index in [4.69, 9.17) is 11.6 Å². The highest BCUT2D eigenvalue weighted by Gasteiger charge is 2.33. The van der Waals surface area contributed by atoms with Crippen molar-refractivity contribution >= 4 is 47.0 Å². The van der Waals surface area contributed by atoms with E-state index in [0.29, 0.717) is 36.4 Å². The second kappa shape index (κ2) is 9.70. The number of aromatic nitrogens is 3. The first kappa shape index (κ1) is 22.3. The predicted molar refractivity (Wildman–Crippen MR) is 116 cm³/mol. The Morgan fingerprint density at radius 3 is 2.31 bits per heavy atom. The molecule has 0 aliphatic carbocycles. The normalized spacial score (nSPS) is 16.7. The van der Waals surface area contributed by atoms with Crippen molar-refractivity contribution in [2.24, 2.45) is 0 Å². The lowest BCUT2D eigenvalue weighted by Gasteiger charge is -2.35. The molecule has 0 unspecified atom stereocenters. The topological polar surface area (TPSA) is 109 Å². The Morgan fingerprint density at radius 2 is 1.66 bits per heavy atom. The third kappa shape index (κ3) is 4.94. The molecule has 2 aliphatic rings. The van der Waals surface area contributed by atoms with Crippen LogP contribution in [0.25, 0.3) is 5.69 Å². The third-order valence-corrected chi connectivity index (χ3v) is 6.52. The van der Waals surface area contributed by atoms with Crippen molar-refractivity contribution in [1.82, 2.24) is 29.5 Å². The zero-order chi connectivity index (χ0) is 22.7. The van der Waals surface area contributed by atoms with Gasteiger partial charge in [-0.1, -0.05) is 29.4 Å². The minimum atomic E-state index is -0.306. The number of rotatable bonds is 6. The van der Waals surface area contributed by atoms with Gasteiger partial charge in [0.15, 0.2) is 5.16 Å². The molecule has 2 aromatic rings. The van der Waals surface area contributed by atoms with Crippen LogP contribution >= 0.6 is 23.4 Å². The van der Waals surface area contributed by atoms with Gasteiger partial charge in [-0.25, -0.2) is 0 Å². The molecule has 12 heteroatoms. The van der Waals surface area contributed by atoms with Gasteiger partial charge in [-0.2, -0.15) is 0 Å². The maximum atomic E-state index is 12.7. The van der Waals surface area contributed by atoms with Crippen molar-refractivity contribution in [3.05, 3.63) is 35.6 Å². The van der Waals surface area contributed by atoms with E-state index in [1.165, 1.54) is 11.8 Å². The number of halogens is 1. The van der Waals surface area contributed by atoms with Crippen LogP contribution in [0.1, 0.15) is 12.8 Å². The molecular formula is C20H21ClN6O4S. The number of imide groups is 1. The predicted octanol–water partition coefficient (Wildman–Crippen LogP) is 0.833. The van der Waals surface area contributed by atoms with Gasteiger partial charge < -0.3 is 9.80 Å². The fourth-order valence-electron chi connectivity index (χ4n) is 3.58. The molecule has 3 heterocycles. The van der Waals surface area contributed by atoms with Crippen LogP contribution in [-0.2, 0) is 19.2 Å². The molecule has 2 aliphatic heterocycles. The molecule has 0 saturated carbocycles. The number of carbonyl (C=O) groups excluding carboxylic acids is 4. The standard InChI is InChI=1S/C20H21ClN6O4S/c21-14-2-1-3-15(10-14)27-13-22-23-20(27)32-12-19(31)25-8-6-24(7-9-25)18(30)11-26-16(28)4-5-17(26)29/h1-3,10,13H,4-9,11-12H2. The molecule has 168 valence electrons. The van der Waals surface area contributed by atoms with Gasteiger partial charge in [-0.05, 0) is 18.2 Å². The largest absolute Gasteiger partial charge is 0.338 e. The first-order valence-corrected chi connectivity index (χ1v) is 11.5. The molecule has 4 rings (SSSR count). The lowest BCUT2D eigenvalue weighted by Crippen LogP contribution is -2.53. The zero-order valence-corrected chi connectivity index (χ0v) is 18.7. The van der Waals surface area contributed by atoms with E-state index in [0.717, 1.165) is 10.6 Å². The Kier molecular flexibility index (Phi) is 6.75. The highest BCUT2D eigenvalue weighted by molar-refractivity contribution is 7.99. The summed E-state index contributed by atoms with van der Waals surface area (Å²) in [5, 5.41) is 9.18. The molecule has 32 heavy (non-hydrogen) atoms. The van der Waals surface area contributed by atoms with Crippen molar-refractivity contribution in [1.29, 1.82) is 0 Å². The van der Waals surface area contributed by atoms with Crippen LogP contribution in [0.15, 0.2) is 35.7 Å². The molecule has 0 radical (unpaired) electrons. The number of hydrogen-bond acceptors (Lipinski definition) is 7. The number of thioether (sulfide) groups is 1. The summed E-state index contributed by atoms with van der Waals surface area (Å²) in [6.07, 6.45) is 1.90. The molecule has 10 nitrogen and oxygen atoms in total. The Bertz CT molecular complexity index is 1040. The summed E-state index contributed by atoms with van der Waals surface area (Å²) in [7, 11) is 0. The summed E-state index contributed by atoms with van der Waals surface area (Å²) in [4.78, 5) is 52.8. The second-order valence-electron chi connectivity index (χ2n) is 7.39. The van der Waals surface area contributed by atoms with E-state index in [2.05, 4.69) is 10.2 Å². The van der Waals surface area contributed by atoms with Gasteiger partial charge in [0.1, 0.15) is 12.9 Å². The summed E-state index contributed by atoms with van der Waals surface area (Å²) in [5.74, 6) is -0.763. The van der Waals surface area contributed by atoms with Crippen molar-refractivity contribution in [2.75, 3.05) is 38.5 Å². The smallest absolute Gasteiger partial charge is 0.242 e. The van der Waals surface area contributed by atoms with Gasteiger partial charge in [0.05, 0.1) is 11.4 Å². The molecule has 4 amide bonds. The van der Waals surface area contributed by atoms with Crippen LogP contribution in [-0.4, -0.2) is 91.6 Å². The average molecular weight is 477 g/mol. The number of benzene rings is 1. The van der Waals surface area contributed by atoms with Gasteiger partial charge in [0, 0.05) is 44.0 Å². The SMILES string of the molecule is O=C(CSc1nncn1-c1cccc(Cl)c1)N1CCN(C(=O)CN2C(=O)CCC2=O)CC1. The van der Waals surface area contributed by atoms with Gasteiger partial charge in [0.25, 0.3) is 0 Å². The highest BCUT2D eigenvalue weighted by Crippen LogP contribution is 2.22. The van der Waals surface area contributed by atoms with Crippen LogP contribution in [0.5, 0.6) is 0 Å². The van der Waals surface area contributed by atoms with E-state index >= 15 is 0 Å². The number of piperazine rings is 1. The third-order valence-electron chi connectivity index (χ3n) is 5.36. The van der Waals surface area contributed by atoms with E-state index in [9.17, 15) is 19.2 Å². The molecule has 0 spiro atoms. The summed E-state index contributed by atoms with van der Waals surface area (Å²) in [5.41, 5.74) is 0.805. The van der Waals surface area contributed by atoms with E-state index < -0.39 is 0 Å². The van der Waals surface area contributed by atoms with Crippen LogP contribution in [0.3, 0.4) is 0 Å².